The number of carbonyl (C=O) groups excluding carboxylic acids is 3. The lowest BCUT2D eigenvalue weighted by Crippen LogP contribution is -2.52. The Kier molecular flexibility index (Phi) is 6.73. The number of para-hydroxylation sites is 1. The van der Waals surface area contributed by atoms with E-state index in [2.05, 4.69) is 17.6 Å². The molecule has 0 saturated carbocycles. The summed E-state index contributed by atoms with van der Waals surface area (Å²) in [5.74, 6) is -1.48. The molecule has 2 unspecified atom stereocenters. The Hall–Kier alpha value is -1.77. The van der Waals surface area contributed by atoms with Crippen molar-refractivity contribution in [3.05, 3.63) is 28.8 Å². The summed E-state index contributed by atoms with van der Waals surface area (Å²) in [6.45, 7) is 4.46. The summed E-state index contributed by atoms with van der Waals surface area (Å²) in [6.07, 6.45) is 3.60. The number of nitrogens with zero attached hydrogens (tertiary/aromatic N) is 1. The lowest BCUT2D eigenvalue weighted by molar-refractivity contribution is -0.140. The zero-order valence-electron chi connectivity index (χ0n) is 19.3. The van der Waals surface area contributed by atoms with E-state index in [1.807, 2.05) is 19.1 Å². The number of benzene rings is 1. The van der Waals surface area contributed by atoms with Crippen LogP contribution < -0.4 is 10.6 Å². The predicted molar refractivity (Wildman–Crippen MR) is 130 cm³/mol. The molecule has 2 bridgehead atoms. The van der Waals surface area contributed by atoms with Gasteiger partial charge >= 0.3 is 0 Å². The van der Waals surface area contributed by atoms with Crippen LogP contribution in [0.4, 0.5) is 5.69 Å². The van der Waals surface area contributed by atoms with Crippen molar-refractivity contribution in [1.29, 1.82) is 0 Å². The maximum atomic E-state index is 13.8. The standard InChI is InChI=1S/C24H32ClN3O4S/c1-14-8-7-9-15(25)18(14)27-21(31)19-24-11-10-23(2,33-24)16(20(30)26-3)17(24)22(32)28(19)12-5-4-6-13-29/h7-9,16-17,19,29H,4-6,10-13H2,1-3H3,(H,26,30)(H,27,31)/t16-,17-,19?,23+,24?/m0/s1. The van der Waals surface area contributed by atoms with E-state index in [-0.39, 0.29) is 29.1 Å². The number of anilines is 1. The van der Waals surface area contributed by atoms with Crippen molar-refractivity contribution in [2.45, 2.75) is 61.5 Å². The molecule has 3 saturated heterocycles. The highest BCUT2D eigenvalue weighted by Gasteiger charge is 2.76. The molecule has 4 rings (SSSR count). The van der Waals surface area contributed by atoms with Gasteiger partial charge in [0.15, 0.2) is 0 Å². The Morgan fingerprint density at radius 2 is 2.00 bits per heavy atom. The molecule has 3 aliphatic heterocycles. The number of hydrogen-bond donors (Lipinski definition) is 3. The van der Waals surface area contributed by atoms with Crippen molar-refractivity contribution in [3.63, 3.8) is 0 Å². The minimum atomic E-state index is -0.679. The summed E-state index contributed by atoms with van der Waals surface area (Å²) in [5.41, 5.74) is 1.41. The average Bonchev–Trinajstić information content (AvgIpc) is 3.34. The molecule has 0 aliphatic carbocycles. The number of aliphatic hydroxyl groups is 1. The Morgan fingerprint density at radius 3 is 2.67 bits per heavy atom. The molecule has 1 aromatic carbocycles. The second kappa shape index (κ2) is 9.12. The molecule has 7 nitrogen and oxygen atoms in total. The zero-order chi connectivity index (χ0) is 24.0. The maximum absolute atomic E-state index is 13.8. The van der Waals surface area contributed by atoms with E-state index < -0.39 is 22.6 Å². The van der Waals surface area contributed by atoms with Gasteiger partial charge in [-0.15, -0.1) is 11.8 Å². The number of likely N-dealkylation sites (tertiary alicyclic amines) is 1. The molecular weight excluding hydrogens is 462 g/mol. The van der Waals surface area contributed by atoms with Gasteiger partial charge < -0.3 is 20.6 Å². The number of thioether (sulfide) groups is 1. The van der Waals surface area contributed by atoms with Crippen molar-refractivity contribution in [2.75, 3.05) is 25.5 Å². The number of carbonyl (C=O) groups is 3. The van der Waals surface area contributed by atoms with Crippen LogP contribution in [0.5, 0.6) is 0 Å². The molecule has 3 heterocycles. The van der Waals surface area contributed by atoms with Gasteiger partial charge in [-0.05, 0) is 57.6 Å². The molecule has 3 aliphatic rings. The first-order chi connectivity index (χ1) is 15.7. The SMILES string of the molecule is CNC(=O)[C@@H]1[C@H]2C(=O)N(CCCCCO)C(C(=O)Nc3c(C)cccc3Cl)C23CC[C@@]1(C)S3. The highest BCUT2D eigenvalue weighted by atomic mass is 35.5. The Labute approximate surface area is 204 Å². The number of nitrogens with one attached hydrogen (secondary N) is 2. The predicted octanol–water partition coefficient (Wildman–Crippen LogP) is 2.98. The van der Waals surface area contributed by atoms with Crippen LogP contribution in [0.15, 0.2) is 18.2 Å². The van der Waals surface area contributed by atoms with Crippen molar-refractivity contribution in [1.82, 2.24) is 10.2 Å². The number of fused-ring (bicyclic) bond motifs is 1. The van der Waals surface area contributed by atoms with E-state index >= 15 is 0 Å². The first-order valence-corrected chi connectivity index (χ1v) is 12.8. The largest absolute Gasteiger partial charge is 0.396 e. The van der Waals surface area contributed by atoms with Crippen molar-refractivity contribution >= 4 is 46.8 Å². The number of amides is 3. The lowest BCUT2D eigenvalue weighted by atomic mass is 9.66. The van der Waals surface area contributed by atoms with Crippen molar-refractivity contribution in [2.24, 2.45) is 11.8 Å². The normalized spacial score (nSPS) is 32.2. The zero-order valence-corrected chi connectivity index (χ0v) is 20.9. The van der Waals surface area contributed by atoms with E-state index in [1.165, 1.54) is 0 Å². The Balaban J connectivity index is 1.71. The Bertz CT molecular complexity index is 955. The molecule has 0 aromatic heterocycles. The first-order valence-electron chi connectivity index (χ1n) is 11.6. The summed E-state index contributed by atoms with van der Waals surface area (Å²) >= 11 is 8.03. The van der Waals surface area contributed by atoms with Crippen LogP contribution in [-0.2, 0) is 14.4 Å². The number of aliphatic hydroxyl groups excluding tert-OH is 1. The molecule has 1 spiro atoms. The average molecular weight is 494 g/mol. The van der Waals surface area contributed by atoms with Gasteiger partial charge in [0, 0.05) is 24.9 Å². The number of unbranched alkanes of at least 4 members (excludes halogenated alkanes) is 2. The molecule has 5 atom stereocenters. The summed E-state index contributed by atoms with van der Waals surface area (Å²) < 4.78 is -1.01. The highest BCUT2D eigenvalue weighted by molar-refractivity contribution is 8.02. The third-order valence-corrected chi connectivity index (χ3v) is 9.88. The fraction of sp³-hybridized carbons (Fsp3) is 0.625. The van der Waals surface area contributed by atoms with Crippen LogP contribution in [0.2, 0.25) is 5.02 Å². The van der Waals surface area contributed by atoms with E-state index in [4.69, 9.17) is 16.7 Å². The fourth-order valence-corrected chi connectivity index (χ4v) is 8.70. The quantitative estimate of drug-likeness (QED) is 0.483. The molecule has 9 heteroatoms. The molecular formula is C24H32ClN3O4S. The van der Waals surface area contributed by atoms with Crippen LogP contribution in [0.3, 0.4) is 0 Å². The molecule has 0 radical (unpaired) electrons. The minimum absolute atomic E-state index is 0.100. The topological polar surface area (TPSA) is 98.7 Å². The van der Waals surface area contributed by atoms with E-state index in [9.17, 15) is 14.4 Å². The Morgan fingerprint density at radius 1 is 1.24 bits per heavy atom. The van der Waals surface area contributed by atoms with Gasteiger partial charge in [0.25, 0.3) is 0 Å². The van der Waals surface area contributed by atoms with Crippen molar-refractivity contribution in [3.8, 4) is 0 Å². The van der Waals surface area contributed by atoms with Crippen LogP contribution in [-0.4, -0.2) is 63.5 Å². The number of halogens is 1. The molecule has 3 N–H and O–H groups in total. The van der Waals surface area contributed by atoms with E-state index in [0.29, 0.717) is 36.5 Å². The minimum Gasteiger partial charge on any atom is -0.396 e. The number of hydrogen-bond acceptors (Lipinski definition) is 5. The van der Waals surface area contributed by atoms with Gasteiger partial charge in [-0.1, -0.05) is 23.7 Å². The summed E-state index contributed by atoms with van der Waals surface area (Å²) in [5, 5.41) is 15.3. The molecule has 3 amide bonds. The summed E-state index contributed by atoms with van der Waals surface area (Å²) in [6, 6.07) is 4.77. The van der Waals surface area contributed by atoms with Crippen LogP contribution in [0, 0.1) is 18.8 Å². The van der Waals surface area contributed by atoms with Gasteiger partial charge in [0.1, 0.15) is 6.04 Å². The smallest absolute Gasteiger partial charge is 0.248 e. The van der Waals surface area contributed by atoms with Crippen molar-refractivity contribution < 1.29 is 19.5 Å². The third kappa shape index (κ3) is 3.84. The molecule has 3 fully saturated rings. The third-order valence-electron chi connectivity index (χ3n) is 7.58. The fourth-order valence-electron chi connectivity index (χ4n) is 6.08. The van der Waals surface area contributed by atoms with Gasteiger partial charge in [-0.25, -0.2) is 0 Å². The highest BCUT2D eigenvalue weighted by Crippen LogP contribution is 2.71. The van der Waals surface area contributed by atoms with Gasteiger partial charge in [0.2, 0.25) is 17.7 Å². The molecule has 1 aromatic rings. The second-order valence-corrected chi connectivity index (χ2v) is 11.9. The van der Waals surface area contributed by atoms with Gasteiger partial charge in [-0.3, -0.25) is 14.4 Å². The monoisotopic (exact) mass is 493 g/mol. The summed E-state index contributed by atoms with van der Waals surface area (Å²) in [4.78, 5) is 42.2. The van der Waals surface area contributed by atoms with Gasteiger partial charge in [0.05, 0.1) is 27.3 Å². The van der Waals surface area contributed by atoms with E-state index in [1.54, 1.807) is 29.8 Å². The van der Waals surface area contributed by atoms with Crippen LogP contribution >= 0.6 is 23.4 Å². The van der Waals surface area contributed by atoms with Crippen LogP contribution in [0.1, 0.15) is 44.6 Å². The maximum Gasteiger partial charge on any atom is 0.248 e. The number of rotatable bonds is 8. The lowest BCUT2D eigenvalue weighted by Gasteiger charge is -2.34. The summed E-state index contributed by atoms with van der Waals surface area (Å²) in [7, 11) is 1.60. The van der Waals surface area contributed by atoms with Crippen LogP contribution in [0.25, 0.3) is 0 Å². The second-order valence-electron chi connectivity index (χ2n) is 9.58. The van der Waals surface area contributed by atoms with E-state index in [0.717, 1.165) is 18.4 Å². The molecule has 33 heavy (non-hydrogen) atoms. The van der Waals surface area contributed by atoms with Gasteiger partial charge in [-0.2, -0.15) is 0 Å². The first kappa shape index (κ1) is 24.4. The molecule has 180 valence electrons. The number of aryl methyl sites for hydroxylation is 1.